The van der Waals surface area contributed by atoms with Gasteiger partial charge in [-0.05, 0) is 57.6 Å². The van der Waals surface area contributed by atoms with Crippen molar-refractivity contribution in [1.82, 2.24) is 0 Å². The molecular formula is C24H30O6. The molecule has 3 aliphatic rings. The molecule has 0 radical (unpaired) electrons. The Balaban J connectivity index is 1.80. The number of Topliss-reactive ketones (excluding diaryl/α,β-unsaturated/α-hetero) is 1. The first-order chi connectivity index (χ1) is 14.0. The molecule has 2 saturated carbocycles. The van der Waals surface area contributed by atoms with Crippen LogP contribution in [0, 0.1) is 17.3 Å². The van der Waals surface area contributed by atoms with Crippen molar-refractivity contribution >= 4 is 17.7 Å². The highest BCUT2D eigenvalue weighted by Gasteiger charge is 2.75. The Hall–Kier alpha value is -2.21. The monoisotopic (exact) mass is 414 g/mol. The van der Waals surface area contributed by atoms with E-state index in [0.29, 0.717) is 12.0 Å². The van der Waals surface area contributed by atoms with Gasteiger partial charge in [0.1, 0.15) is 6.10 Å². The topological polar surface area (TPSA) is 78.9 Å². The number of fused-ring (bicyclic) bond motifs is 1. The third-order valence-electron chi connectivity index (χ3n) is 7.74. The van der Waals surface area contributed by atoms with Crippen LogP contribution in [0.5, 0.6) is 0 Å². The lowest BCUT2D eigenvalue weighted by Gasteiger charge is -2.59. The molecule has 30 heavy (non-hydrogen) atoms. The van der Waals surface area contributed by atoms with Crippen LogP contribution in [-0.4, -0.2) is 41.1 Å². The van der Waals surface area contributed by atoms with E-state index in [4.69, 9.17) is 14.2 Å². The highest BCUT2D eigenvalue weighted by molar-refractivity contribution is 5.90. The third-order valence-corrected chi connectivity index (χ3v) is 7.74. The molecule has 1 aliphatic heterocycles. The average molecular weight is 414 g/mol. The second-order valence-corrected chi connectivity index (χ2v) is 9.84. The fourth-order valence-electron chi connectivity index (χ4n) is 6.11. The molecule has 162 valence electrons. The molecule has 6 nitrogen and oxygen atoms in total. The van der Waals surface area contributed by atoms with Gasteiger partial charge in [0.15, 0.2) is 11.9 Å². The average Bonchev–Trinajstić information content (AvgIpc) is 2.92. The molecule has 6 heteroatoms. The fourth-order valence-corrected chi connectivity index (χ4v) is 6.11. The van der Waals surface area contributed by atoms with Crippen LogP contribution >= 0.6 is 0 Å². The van der Waals surface area contributed by atoms with Gasteiger partial charge in [0.2, 0.25) is 0 Å². The Bertz CT molecular complexity index is 877. The van der Waals surface area contributed by atoms with Gasteiger partial charge in [0.05, 0.1) is 22.2 Å². The first-order valence-electron chi connectivity index (χ1n) is 10.7. The SMILES string of the molecule is CC(=O)O[C@H]1C(=O)C[C@@H](C)[C@@]23C[C@@H](C[C@H](OC(=O)c4ccccc4)[C@]12C)C(C)(C)O3. The number of carbonyl (C=O) groups is 3. The van der Waals surface area contributed by atoms with E-state index in [1.807, 2.05) is 19.9 Å². The number of esters is 2. The highest BCUT2D eigenvalue weighted by atomic mass is 16.6. The molecule has 1 spiro atoms. The molecule has 2 bridgehead atoms. The first-order valence-corrected chi connectivity index (χ1v) is 10.7. The van der Waals surface area contributed by atoms with E-state index in [9.17, 15) is 14.4 Å². The van der Waals surface area contributed by atoms with Crippen molar-refractivity contribution < 1.29 is 28.6 Å². The summed E-state index contributed by atoms with van der Waals surface area (Å²) < 4.78 is 18.4. The van der Waals surface area contributed by atoms with Crippen LogP contribution < -0.4 is 0 Å². The van der Waals surface area contributed by atoms with Crippen molar-refractivity contribution in [2.75, 3.05) is 0 Å². The number of hydrogen-bond donors (Lipinski definition) is 0. The Morgan fingerprint density at radius 3 is 2.40 bits per heavy atom. The minimum absolute atomic E-state index is 0.0793. The van der Waals surface area contributed by atoms with Crippen LogP contribution in [0.1, 0.15) is 64.2 Å². The summed E-state index contributed by atoms with van der Waals surface area (Å²) in [7, 11) is 0. The van der Waals surface area contributed by atoms with E-state index in [0.717, 1.165) is 6.42 Å². The van der Waals surface area contributed by atoms with E-state index in [1.165, 1.54) is 6.92 Å². The maximum Gasteiger partial charge on any atom is 0.338 e. The molecule has 0 amide bonds. The zero-order valence-corrected chi connectivity index (χ0v) is 18.3. The lowest BCUT2D eigenvalue weighted by atomic mass is 9.50. The molecule has 2 aliphatic carbocycles. The van der Waals surface area contributed by atoms with Gasteiger partial charge in [-0.25, -0.2) is 4.79 Å². The second-order valence-electron chi connectivity index (χ2n) is 9.84. The number of ether oxygens (including phenoxy) is 3. The highest BCUT2D eigenvalue weighted by Crippen LogP contribution is 2.66. The Morgan fingerprint density at radius 2 is 1.77 bits per heavy atom. The summed E-state index contributed by atoms with van der Waals surface area (Å²) in [6, 6.07) is 8.81. The van der Waals surface area contributed by atoms with Gasteiger partial charge in [-0.1, -0.05) is 25.1 Å². The number of carbonyl (C=O) groups excluding carboxylic acids is 3. The van der Waals surface area contributed by atoms with Gasteiger partial charge in [0.25, 0.3) is 0 Å². The molecule has 1 heterocycles. The molecule has 0 unspecified atom stereocenters. The zero-order chi connectivity index (χ0) is 21.9. The molecule has 4 rings (SSSR count). The lowest BCUT2D eigenvalue weighted by molar-refractivity contribution is -0.250. The minimum Gasteiger partial charge on any atom is -0.458 e. The third kappa shape index (κ3) is 2.91. The number of ketones is 1. The lowest BCUT2D eigenvalue weighted by Crippen LogP contribution is -2.70. The molecular weight excluding hydrogens is 384 g/mol. The van der Waals surface area contributed by atoms with Crippen molar-refractivity contribution in [3.8, 4) is 0 Å². The first kappa shape index (κ1) is 21.0. The second kappa shape index (κ2) is 6.91. The van der Waals surface area contributed by atoms with Crippen LogP contribution in [0.3, 0.4) is 0 Å². The molecule has 3 fully saturated rings. The summed E-state index contributed by atoms with van der Waals surface area (Å²) in [6.07, 6.45) is -0.0317. The predicted octanol–water partition coefficient (Wildman–Crippen LogP) is 3.72. The Morgan fingerprint density at radius 1 is 1.10 bits per heavy atom. The van der Waals surface area contributed by atoms with Crippen molar-refractivity contribution in [3.05, 3.63) is 35.9 Å². The largest absolute Gasteiger partial charge is 0.458 e. The number of rotatable bonds is 3. The van der Waals surface area contributed by atoms with E-state index in [1.54, 1.807) is 24.3 Å². The number of benzene rings is 1. The maximum atomic E-state index is 13.1. The van der Waals surface area contributed by atoms with Crippen molar-refractivity contribution in [1.29, 1.82) is 0 Å². The summed E-state index contributed by atoms with van der Waals surface area (Å²) in [4.78, 5) is 37.9. The van der Waals surface area contributed by atoms with Gasteiger partial charge < -0.3 is 14.2 Å². The fraction of sp³-hybridized carbons (Fsp3) is 0.625. The van der Waals surface area contributed by atoms with Gasteiger partial charge in [-0.2, -0.15) is 0 Å². The van der Waals surface area contributed by atoms with Gasteiger partial charge in [0, 0.05) is 13.3 Å². The maximum absolute atomic E-state index is 13.1. The van der Waals surface area contributed by atoms with Crippen LogP contribution in [-0.2, 0) is 23.8 Å². The van der Waals surface area contributed by atoms with E-state index >= 15 is 0 Å². The van der Waals surface area contributed by atoms with Crippen molar-refractivity contribution in [2.24, 2.45) is 17.3 Å². The number of hydrogen-bond acceptors (Lipinski definition) is 6. The zero-order valence-electron chi connectivity index (χ0n) is 18.3. The molecule has 6 atom stereocenters. The molecule has 0 N–H and O–H groups in total. The van der Waals surface area contributed by atoms with Crippen LogP contribution in [0.25, 0.3) is 0 Å². The summed E-state index contributed by atoms with van der Waals surface area (Å²) >= 11 is 0. The summed E-state index contributed by atoms with van der Waals surface area (Å²) in [6.45, 7) is 9.32. The minimum atomic E-state index is -1.00. The Kier molecular flexibility index (Phi) is 4.84. The Labute approximate surface area is 177 Å². The molecule has 0 aromatic heterocycles. The van der Waals surface area contributed by atoms with E-state index < -0.39 is 40.8 Å². The summed E-state index contributed by atoms with van der Waals surface area (Å²) in [5, 5.41) is 0. The quantitative estimate of drug-likeness (QED) is 0.702. The van der Waals surface area contributed by atoms with Crippen LogP contribution in [0.2, 0.25) is 0 Å². The normalized spacial score (nSPS) is 39.2. The standard InChI is InChI=1S/C24H30O6/c1-14-11-18(26)20(28-15(2)25)23(5)19(29-21(27)16-9-7-6-8-10-16)12-17-13-24(14,23)30-22(17,3)4/h6-10,14,17,19-20H,11-13H2,1-5H3/t14-,17-,19+,20+,23-,24+/m1/s1. The van der Waals surface area contributed by atoms with Crippen LogP contribution in [0.4, 0.5) is 0 Å². The van der Waals surface area contributed by atoms with Crippen molar-refractivity contribution in [2.45, 2.75) is 77.3 Å². The molecule has 1 aromatic carbocycles. The van der Waals surface area contributed by atoms with Gasteiger partial charge in [-0.3, -0.25) is 9.59 Å². The van der Waals surface area contributed by atoms with E-state index in [-0.39, 0.29) is 24.0 Å². The smallest absolute Gasteiger partial charge is 0.338 e. The summed E-state index contributed by atoms with van der Waals surface area (Å²) in [5.41, 5.74) is -1.66. The van der Waals surface area contributed by atoms with Crippen LogP contribution in [0.15, 0.2) is 30.3 Å². The molecule has 1 saturated heterocycles. The summed E-state index contributed by atoms with van der Waals surface area (Å²) in [5.74, 6) is -1.01. The predicted molar refractivity (Wildman–Crippen MR) is 109 cm³/mol. The molecule has 1 aromatic rings. The van der Waals surface area contributed by atoms with Gasteiger partial charge >= 0.3 is 11.9 Å². The van der Waals surface area contributed by atoms with E-state index in [2.05, 4.69) is 13.8 Å². The van der Waals surface area contributed by atoms with Gasteiger partial charge in [-0.15, -0.1) is 0 Å². The van der Waals surface area contributed by atoms with Crippen molar-refractivity contribution in [3.63, 3.8) is 0 Å².